The third-order valence-electron chi connectivity index (χ3n) is 5.56. The topological polar surface area (TPSA) is 73.8 Å². The second-order valence-corrected chi connectivity index (χ2v) is 8.88. The third-order valence-corrected chi connectivity index (χ3v) is 6.12. The summed E-state index contributed by atoms with van der Waals surface area (Å²) in [6, 6.07) is 11.5. The zero-order valence-electron chi connectivity index (χ0n) is 18.4. The number of halogens is 2. The molecule has 0 aliphatic carbocycles. The summed E-state index contributed by atoms with van der Waals surface area (Å²) in [7, 11) is 0. The first-order valence-corrected chi connectivity index (χ1v) is 11.9. The standard InChI is InChI=1S/C24H31Cl2N3O3/c1-2-24(31)28-21-14-20(26)22(30)15-23(21)32-13-3-10-27-19-8-11-29(12-9-19)16-17-4-6-18(25)7-5-17/h4-7,14-15,19,27,30H,2-3,8-13,16H2,1H3,(H,28,31). The number of nitrogens with zero attached hydrogens (tertiary/aromatic N) is 1. The van der Waals surface area contributed by atoms with Gasteiger partial charge in [-0.3, -0.25) is 9.69 Å². The van der Waals surface area contributed by atoms with Gasteiger partial charge in [0.05, 0.1) is 17.3 Å². The van der Waals surface area contributed by atoms with Crippen molar-refractivity contribution in [3.63, 3.8) is 0 Å². The number of rotatable bonds is 10. The number of phenolic OH excluding ortho intramolecular Hbond substituents is 1. The Labute approximate surface area is 199 Å². The smallest absolute Gasteiger partial charge is 0.224 e. The maximum atomic E-state index is 11.7. The zero-order valence-corrected chi connectivity index (χ0v) is 19.9. The number of carbonyl (C=O) groups excluding carboxylic acids is 1. The number of hydrogen-bond donors (Lipinski definition) is 3. The first-order chi connectivity index (χ1) is 15.4. The molecule has 0 radical (unpaired) electrons. The van der Waals surface area contributed by atoms with Gasteiger partial charge in [-0.05, 0) is 62.7 Å². The van der Waals surface area contributed by atoms with E-state index in [1.165, 1.54) is 17.7 Å². The van der Waals surface area contributed by atoms with Crippen LogP contribution in [-0.2, 0) is 11.3 Å². The van der Waals surface area contributed by atoms with Gasteiger partial charge in [-0.25, -0.2) is 0 Å². The number of aromatic hydroxyl groups is 1. The molecule has 174 valence electrons. The fourth-order valence-electron chi connectivity index (χ4n) is 3.70. The van der Waals surface area contributed by atoms with Crippen LogP contribution < -0.4 is 15.4 Å². The first-order valence-electron chi connectivity index (χ1n) is 11.1. The van der Waals surface area contributed by atoms with Crippen molar-refractivity contribution < 1.29 is 14.6 Å². The van der Waals surface area contributed by atoms with E-state index in [9.17, 15) is 9.90 Å². The minimum Gasteiger partial charge on any atom is -0.506 e. The number of amides is 1. The highest BCUT2D eigenvalue weighted by molar-refractivity contribution is 6.32. The van der Waals surface area contributed by atoms with Crippen molar-refractivity contribution in [1.29, 1.82) is 0 Å². The van der Waals surface area contributed by atoms with E-state index in [0.29, 0.717) is 30.5 Å². The number of hydrogen-bond acceptors (Lipinski definition) is 5. The number of likely N-dealkylation sites (tertiary alicyclic amines) is 1. The van der Waals surface area contributed by atoms with E-state index in [1.54, 1.807) is 6.92 Å². The normalized spacial score (nSPS) is 15.0. The number of piperidine rings is 1. The number of anilines is 1. The third kappa shape index (κ3) is 7.55. The number of benzene rings is 2. The summed E-state index contributed by atoms with van der Waals surface area (Å²) >= 11 is 11.9. The van der Waals surface area contributed by atoms with E-state index >= 15 is 0 Å². The van der Waals surface area contributed by atoms with Crippen LogP contribution >= 0.6 is 23.2 Å². The lowest BCUT2D eigenvalue weighted by Crippen LogP contribution is -2.42. The molecule has 1 fully saturated rings. The molecule has 1 amide bonds. The summed E-state index contributed by atoms with van der Waals surface area (Å²) in [4.78, 5) is 14.2. The largest absolute Gasteiger partial charge is 0.506 e. The highest BCUT2D eigenvalue weighted by Gasteiger charge is 2.18. The van der Waals surface area contributed by atoms with E-state index in [4.69, 9.17) is 27.9 Å². The van der Waals surface area contributed by atoms with Gasteiger partial charge in [0.15, 0.2) is 0 Å². The fourth-order valence-corrected chi connectivity index (χ4v) is 3.99. The lowest BCUT2D eigenvalue weighted by molar-refractivity contribution is -0.115. The molecule has 1 aliphatic heterocycles. The van der Waals surface area contributed by atoms with Crippen molar-refractivity contribution >= 4 is 34.8 Å². The van der Waals surface area contributed by atoms with Crippen molar-refractivity contribution in [2.24, 2.45) is 0 Å². The van der Waals surface area contributed by atoms with Gasteiger partial charge in [0.1, 0.15) is 11.5 Å². The molecular weight excluding hydrogens is 449 g/mol. The Morgan fingerprint density at radius 3 is 2.59 bits per heavy atom. The number of phenols is 1. The van der Waals surface area contributed by atoms with Crippen LogP contribution in [0.3, 0.4) is 0 Å². The highest BCUT2D eigenvalue weighted by Crippen LogP contribution is 2.35. The number of carbonyl (C=O) groups is 1. The van der Waals surface area contributed by atoms with Crippen LogP contribution in [0.5, 0.6) is 11.5 Å². The Bertz CT molecular complexity index is 885. The Morgan fingerprint density at radius 2 is 1.91 bits per heavy atom. The van der Waals surface area contributed by atoms with Crippen LogP contribution in [0.2, 0.25) is 10.0 Å². The molecule has 1 aliphatic rings. The molecule has 8 heteroatoms. The molecule has 1 saturated heterocycles. The van der Waals surface area contributed by atoms with Crippen molar-refractivity contribution in [3.8, 4) is 11.5 Å². The van der Waals surface area contributed by atoms with Gasteiger partial charge < -0.3 is 20.5 Å². The van der Waals surface area contributed by atoms with Gasteiger partial charge >= 0.3 is 0 Å². The fraction of sp³-hybridized carbons (Fsp3) is 0.458. The molecular formula is C24H31Cl2N3O3. The van der Waals surface area contributed by atoms with Gasteiger partial charge in [-0.1, -0.05) is 42.3 Å². The lowest BCUT2D eigenvalue weighted by Gasteiger charge is -2.32. The van der Waals surface area contributed by atoms with Crippen molar-refractivity contribution in [1.82, 2.24) is 10.2 Å². The van der Waals surface area contributed by atoms with E-state index < -0.39 is 0 Å². The van der Waals surface area contributed by atoms with Gasteiger partial charge in [-0.2, -0.15) is 0 Å². The second-order valence-electron chi connectivity index (χ2n) is 8.03. The van der Waals surface area contributed by atoms with Gasteiger partial charge in [-0.15, -0.1) is 0 Å². The Balaban J connectivity index is 1.36. The van der Waals surface area contributed by atoms with Crippen LogP contribution in [0.1, 0.15) is 38.2 Å². The predicted octanol–water partition coefficient (Wildman–Crippen LogP) is 5.07. The SMILES string of the molecule is CCC(=O)Nc1cc(Cl)c(O)cc1OCCCNC1CCN(Cc2ccc(Cl)cc2)CC1. The molecule has 32 heavy (non-hydrogen) atoms. The molecule has 0 bridgehead atoms. The van der Waals surface area contributed by atoms with Crippen LogP contribution in [0, 0.1) is 0 Å². The van der Waals surface area contributed by atoms with E-state index in [1.807, 2.05) is 12.1 Å². The minimum atomic E-state index is -0.138. The van der Waals surface area contributed by atoms with Crippen molar-refractivity contribution in [2.75, 3.05) is 31.6 Å². The zero-order chi connectivity index (χ0) is 22.9. The Kier molecular flexibility index (Phi) is 9.48. The van der Waals surface area contributed by atoms with E-state index in [2.05, 4.69) is 27.7 Å². The molecule has 2 aromatic carbocycles. The van der Waals surface area contributed by atoms with Crippen LogP contribution in [-0.4, -0.2) is 48.2 Å². The van der Waals surface area contributed by atoms with Crippen LogP contribution in [0.4, 0.5) is 5.69 Å². The predicted molar refractivity (Wildman–Crippen MR) is 130 cm³/mol. The average Bonchev–Trinajstić information content (AvgIpc) is 2.79. The monoisotopic (exact) mass is 479 g/mol. The second kappa shape index (κ2) is 12.3. The van der Waals surface area contributed by atoms with Gasteiger partial charge in [0.25, 0.3) is 0 Å². The van der Waals surface area contributed by atoms with Crippen molar-refractivity contribution in [2.45, 2.75) is 45.2 Å². The number of nitrogens with one attached hydrogen (secondary N) is 2. The van der Waals surface area contributed by atoms with E-state index in [0.717, 1.165) is 50.5 Å². The maximum absolute atomic E-state index is 11.7. The molecule has 0 saturated carbocycles. The van der Waals surface area contributed by atoms with Gasteiger partial charge in [0, 0.05) is 30.1 Å². The number of ether oxygens (including phenoxy) is 1. The molecule has 0 atom stereocenters. The van der Waals surface area contributed by atoms with Crippen molar-refractivity contribution in [3.05, 3.63) is 52.0 Å². The molecule has 0 unspecified atom stereocenters. The van der Waals surface area contributed by atoms with E-state index in [-0.39, 0.29) is 16.7 Å². The highest BCUT2D eigenvalue weighted by atomic mass is 35.5. The molecule has 2 aromatic rings. The minimum absolute atomic E-state index is 0.0698. The maximum Gasteiger partial charge on any atom is 0.224 e. The summed E-state index contributed by atoms with van der Waals surface area (Å²) in [6.45, 7) is 6.19. The summed E-state index contributed by atoms with van der Waals surface area (Å²) in [5, 5.41) is 17.2. The first kappa shape index (κ1) is 24.6. The lowest BCUT2D eigenvalue weighted by atomic mass is 10.0. The summed E-state index contributed by atoms with van der Waals surface area (Å²) in [5.74, 6) is 0.213. The molecule has 1 heterocycles. The molecule has 0 spiro atoms. The quantitative estimate of drug-likeness (QED) is 0.327. The molecule has 3 N–H and O–H groups in total. The summed E-state index contributed by atoms with van der Waals surface area (Å²) in [6.07, 6.45) is 3.40. The van der Waals surface area contributed by atoms with Gasteiger partial charge in [0.2, 0.25) is 5.91 Å². The summed E-state index contributed by atoms with van der Waals surface area (Å²) < 4.78 is 5.81. The Morgan fingerprint density at radius 1 is 1.19 bits per heavy atom. The van der Waals surface area contributed by atoms with Crippen LogP contribution in [0.15, 0.2) is 36.4 Å². The molecule has 0 aromatic heterocycles. The summed E-state index contributed by atoms with van der Waals surface area (Å²) in [5.41, 5.74) is 1.77. The molecule has 6 nitrogen and oxygen atoms in total. The molecule has 3 rings (SSSR count). The average molecular weight is 480 g/mol. The Hall–Kier alpha value is -1.99. The van der Waals surface area contributed by atoms with Crippen LogP contribution in [0.25, 0.3) is 0 Å².